The zero-order chi connectivity index (χ0) is 12.6. The molecule has 8 heteroatoms. The lowest BCUT2D eigenvalue weighted by Gasteiger charge is -2.28. The summed E-state index contributed by atoms with van der Waals surface area (Å²) in [5, 5.41) is -0.133. The maximum Gasteiger partial charge on any atom is 0.245 e. The second-order valence-electron chi connectivity index (χ2n) is 3.79. The van der Waals surface area contributed by atoms with Crippen molar-refractivity contribution >= 4 is 56.2 Å². The molecule has 1 unspecified atom stereocenters. The van der Waals surface area contributed by atoms with Gasteiger partial charge in [0.05, 0.1) is 4.34 Å². The Bertz CT molecular complexity index is 514. The van der Waals surface area contributed by atoms with Gasteiger partial charge in [-0.05, 0) is 18.9 Å². The Kier molecular flexibility index (Phi) is 4.28. The van der Waals surface area contributed by atoms with Gasteiger partial charge in [-0.25, -0.2) is 8.42 Å². The summed E-state index contributed by atoms with van der Waals surface area (Å²) in [5.74, 6) is 0. The molecule has 3 nitrogen and oxygen atoms in total. The van der Waals surface area contributed by atoms with Crippen molar-refractivity contribution in [2.45, 2.75) is 23.1 Å². The maximum absolute atomic E-state index is 12.3. The van der Waals surface area contributed by atoms with E-state index in [9.17, 15) is 8.42 Å². The van der Waals surface area contributed by atoms with Crippen molar-refractivity contribution in [3.8, 4) is 0 Å². The van der Waals surface area contributed by atoms with E-state index in [4.69, 9.17) is 34.8 Å². The molecule has 0 aliphatic carbocycles. The third-order valence-corrected chi connectivity index (χ3v) is 6.54. The molecule has 0 radical (unpaired) electrons. The predicted molar refractivity (Wildman–Crippen MR) is 72.0 cm³/mol. The Morgan fingerprint density at radius 1 is 1.41 bits per heavy atom. The largest absolute Gasteiger partial charge is 0.245 e. The van der Waals surface area contributed by atoms with Crippen LogP contribution in [0, 0.1) is 0 Å². The maximum atomic E-state index is 12.3. The number of halogens is 3. The molecule has 2 rings (SSSR count). The fraction of sp³-hybridized carbons (Fsp3) is 0.556. The van der Waals surface area contributed by atoms with Crippen molar-refractivity contribution in [3.05, 3.63) is 14.7 Å². The first-order chi connectivity index (χ1) is 7.91. The topological polar surface area (TPSA) is 37.4 Å². The molecular formula is C9H10Cl3NO2S2. The first-order valence-electron chi connectivity index (χ1n) is 5.00. The van der Waals surface area contributed by atoms with Crippen LogP contribution in [0.3, 0.4) is 0 Å². The van der Waals surface area contributed by atoms with Crippen LogP contribution in [0.5, 0.6) is 0 Å². The van der Waals surface area contributed by atoms with Crippen molar-refractivity contribution in [1.82, 2.24) is 4.31 Å². The minimum atomic E-state index is -3.56. The number of piperidine rings is 1. The van der Waals surface area contributed by atoms with Crippen LogP contribution in [0.15, 0.2) is 11.0 Å². The van der Waals surface area contributed by atoms with Crippen LogP contribution in [0.25, 0.3) is 0 Å². The predicted octanol–water partition coefficient (Wildman–Crippen LogP) is 3.45. The molecule has 1 saturated heterocycles. The quantitative estimate of drug-likeness (QED) is 0.777. The normalized spacial score (nSPS) is 22.9. The van der Waals surface area contributed by atoms with Gasteiger partial charge in [0.25, 0.3) is 0 Å². The lowest BCUT2D eigenvalue weighted by molar-refractivity contribution is 0.351. The van der Waals surface area contributed by atoms with E-state index in [1.54, 1.807) is 0 Å². The summed E-state index contributed by atoms with van der Waals surface area (Å²) in [6.07, 6.45) is 1.61. The number of sulfonamides is 1. The summed E-state index contributed by atoms with van der Waals surface area (Å²) in [6.45, 7) is 0.809. The summed E-state index contributed by atoms with van der Waals surface area (Å²) in [5.41, 5.74) is 0. The van der Waals surface area contributed by atoms with E-state index >= 15 is 0 Å². The number of rotatable bonds is 2. The minimum Gasteiger partial charge on any atom is -0.207 e. The molecule has 96 valence electrons. The molecule has 1 fully saturated rings. The standard InChI is InChI=1S/C9H10Cl3NO2S2/c10-6-2-1-3-13(5-6)17(14,15)7-4-8(11)16-9(7)12/h4,6H,1-3,5H2. The number of hydrogen-bond acceptors (Lipinski definition) is 3. The van der Waals surface area contributed by atoms with E-state index in [0.29, 0.717) is 17.4 Å². The van der Waals surface area contributed by atoms with Crippen molar-refractivity contribution in [2.24, 2.45) is 0 Å². The number of hydrogen-bond donors (Lipinski definition) is 0. The van der Waals surface area contributed by atoms with E-state index in [0.717, 1.165) is 24.2 Å². The molecule has 1 aliphatic heterocycles. The Hall–Kier alpha value is 0.480. The van der Waals surface area contributed by atoms with Crippen LogP contribution >= 0.6 is 46.1 Å². The van der Waals surface area contributed by atoms with Gasteiger partial charge in [0, 0.05) is 18.5 Å². The highest BCUT2D eigenvalue weighted by atomic mass is 35.5. The highest BCUT2D eigenvalue weighted by Crippen LogP contribution is 2.36. The Morgan fingerprint density at radius 2 is 2.12 bits per heavy atom. The van der Waals surface area contributed by atoms with Crippen molar-refractivity contribution in [1.29, 1.82) is 0 Å². The fourth-order valence-electron chi connectivity index (χ4n) is 1.75. The molecule has 0 amide bonds. The molecule has 0 N–H and O–H groups in total. The fourth-order valence-corrected chi connectivity index (χ4v) is 5.79. The Morgan fingerprint density at radius 3 is 2.65 bits per heavy atom. The van der Waals surface area contributed by atoms with Gasteiger partial charge < -0.3 is 0 Å². The van der Waals surface area contributed by atoms with Gasteiger partial charge in [0.15, 0.2) is 0 Å². The molecule has 1 aliphatic rings. The molecule has 0 aromatic carbocycles. The summed E-state index contributed by atoms with van der Waals surface area (Å²) >= 11 is 18.7. The SMILES string of the molecule is O=S(=O)(c1cc(Cl)sc1Cl)N1CCCC(Cl)C1. The molecule has 0 bridgehead atoms. The zero-order valence-electron chi connectivity index (χ0n) is 8.70. The molecule has 0 spiro atoms. The van der Waals surface area contributed by atoms with E-state index in [1.165, 1.54) is 10.4 Å². The molecule has 0 saturated carbocycles. The summed E-state index contributed by atoms with van der Waals surface area (Å²) in [6, 6.07) is 1.39. The third kappa shape index (κ3) is 2.91. The Labute approximate surface area is 119 Å². The van der Waals surface area contributed by atoms with Crippen LogP contribution in [0.1, 0.15) is 12.8 Å². The third-order valence-electron chi connectivity index (χ3n) is 2.57. The van der Waals surface area contributed by atoms with Gasteiger partial charge >= 0.3 is 0 Å². The first kappa shape index (κ1) is 13.9. The number of nitrogens with zero attached hydrogens (tertiary/aromatic N) is 1. The van der Waals surface area contributed by atoms with Crippen LogP contribution < -0.4 is 0 Å². The second-order valence-corrected chi connectivity index (χ2v) is 8.60. The van der Waals surface area contributed by atoms with Gasteiger partial charge in [0.2, 0.25) is 10.0 Å². The zero-order valence-corrected chi connectivity index (χ0v) is 12.6. The summed E-state index contributed by atoms with van der Waals surface area (Å²) < 4.78 is 26.5. The monoisotopic (exact) mass is 333 g/mol. The molecule has 2 heterocycles. The molecule has 17 heavy (non-hydrogen) atoms. The van der Waals surface area contributed by atoms with Gasteiger partial charge in [-0.2, -0.15) is 4.31 Å². The molecular weight excluding hydrogens is 325 g/mol. The van der Waals surface area contributed by atoms with Crippen molar-refractivity contribution in [2.75, 3.05) is 13.1 Å². The average Bonchev–Trinajstić information content (AvgIpc) is 2.58. The van der Waals surface area contributed by atoms with E-state index in [2.05, 4.69) is 0 Å². The first-order valence-corrected chi connectivity index (χ1v) is 8.45. The van der Waals surface area contributed by atoms with E-state index in [1.807, 2.05) is 0 Å². The van der Waals surface area contributed by atoms with Gasteiger partial charge in [-0.1, -0.05) is 23.2 Å². The Balaban J connectivity index is 2.33. The second kappa shape index (κ2) is 5.23. The van der Waals surface area contributed by atoms with E-state index in [-0.39, 0.29) is 14.6 Å². The van der Waals surface area contributed by atoms with Crippen LogP contribution in [0.4, 0.5) is 0 Å². The average molecular weight is 335 g/mol. The van der Waals surface area contributed by atoms with E-state index < -0.39 is 10.0 Å². The smallest absolute Gasteiger partial charge is 0.207 e. The highest BCUT2D eigenvalue weighted by molar-refractivity contribution is 7.89. The van der Waals surface area contributed by atoms with Crippen LogP contribution in [0.2, 0.25) is 8.67 Å². The lowest BCUT2D eigenvalue weighted by Crippen LogP contribution is -2.40. The number of thiophene rings is 1. The number of alkyl halides is 1. The van der Waals surface area contributed by atoms with Gasteiger partial charge in [-0.3, -0.25) is 0 Å². The lowest BCUT2D eigenvalue weighted by atomic mass is 10.2. The van der Waals surface area contributed by atoms with Gasteiger partial charge in [0.1, 0.15) is 9.23 Å². The summed E-state index contributed by atoms with van der Waals surface area (Å²) in [7, 11) is -3.56. The molecule has 1 aromatic heterocycles. The highest BCUT2D eigenvalue weighted by Gasteiger charge is 2.32. The van der Waals surface area contributed by atoms with Crippen molar-refractivity contribution < 1.29 is 8.42 Å². The van der Waals surface area contributed by atoms with Crippen LogP contribution in [-0.2, 0) is 10.0 Å². The summed E-state index contributed by atoms with van der Waals surface area (Å²) in [4.78, 5) is 0.0833. The van der Waals surface area contributed by atoms with Crippen LogP contribution in [-0.4, -0.2) is 31.2 Å². The van der Waals surface area contributed by atoms with Gasteiger partial charge in [-0.15, -0.1) is 22.9 Å². The van der Waals surface area contributed by atoms with Crippen molar-refractivity contribution in [3.63, 3.8) is 0 Å². The molecule has 1 atom stereocenters. The minimum absolute atomic E-state index is 0.0833. The molecule has 1 aromatic rings.